The van der Waals surface area contributed by atoms with Crippen molar-refractivity contribution in [3.05, 3.63) is 59.7 Å². The Bertz CT molecular complexity index is 706. The number of phenolic OH excluding ortho intramolecular Hbond substituents is 1. The van der Waals surface area contributed by atoms with Crippen molar-refractivity contribution in [3.8, 4) is 11.5 Å². The van der Waals surface area contributed by atoms with Crippen LogP contribution in [0, 0.1) is 11.6 Å². The molecule has 1 atom stereocenters. The van der Waals surface area contributed by atoms with Crippen LogP contribution in [0.1, 0.15) is 18.5 Å². The summed E-state index contributed by atoms with van der Waals surface area (Å²) in [5.41, 5.74) is 0.474. The maximum atomic E-state index is 13.3. The average Bonchev–Trinajstić information content (AvgIpc) is 2.55. The lowest BCUT2D eigenvalue weighted by atomic mass is 10.1. The van der Waals surface area contributed by atoms with Gasteiger partial charge in [-0.1, -0.05) is 18.2 Å². The van der Waals surface area contributed by atoms with E-state index in [9.17, 15) is 18.7 Å². The number of nitrogens with zero attached hydrogens (tertiary/aromatic N) is 1. The van der Waals surface area contributed by atoms with E-state index in [1.165, 1.54) is 17.0 Å². The van der Waals surface area contributed by atoms with Crippen LogP contribution in [0.25, 0.3) is 0 Å². The standard InChI is InChI=1S/C17H17F2NO3/c1-11(12-7-8-13(18)14(19)9-12)20(2)17(22)10-23-16-6-4-3-5-15(16)21/h3-9,11,21H,10H2,1-2H3. The predicted octanol–water partition coefficient (Wildman–Crippen LogP) is 3.27. The topological polar surface area (TPSA) is 49.8 Å². The highest BCUT2D eigenvalue weighted by atomic mass is 19.2. The van der Waals surface area contributed by atoms with Gasteiger partial charge in [-0.25, -0.2) is 8.78 Å². The molecule has 0 bridgehead atoms. The Morgan fingerprint density at radius 1 is 1.22 bits per heavy atom. The molecule has 2 rings (SSSR count). The number of aromatic hydroxyl groups is 1. The average molecular weight is 321 g/mol. The summed E-state index contributed by atoms with van der Waals surface area (Å²) in [5, 5.41) is 9.58. The van der Waals surface area contributed by atoms with Gasteiger partial charge in [-0.3, -0.25) is 4.79 Å². The van der Waals surface area contributed by atoms with Gasteiger partial charge in [0.25, 0.3) is 5.91 Å². The molecule has 0 aliphatic carbocycles. The van der Waals surface area contributed by atoms with Crippen LogP contribution in [-0.4, -0.2) is 29.6 Å². The fraction of sp³-hybridized carbons (Fsp3) is 0.235. The molecule has 0 radical (unpaired) electrons. The molecule has 0 aliphatic heterocycles. The van der Waals surface area contributed by atoms with E-state index in [4.69, 9.17) is 4.74 Å². The minimum atomic E-state index is -0.958. The molecule has 0 saturated carbocycles. The van der Waals surface area contributed by atoms with Gasteiger partial charge in [0.15, 0.2) is 29.7 Å². The molecule has 122 valence electrons. The van der Waals surface area contributed by atoms with E-state index in [1.54, 1.807) is 32.2 Å². The summed E-state index contributed by atoms with van der Waals surface area (Å²) in [4.78, 5) is 13.5. The van der Waals surface area contributed by atoms with Gasteiger partial charge >= 0.3 is 0 Å². The molecule has 2 aromatic carbocycles. The fourth-order valence-electron chi connectivity index (χ4n) is 2.03. The molecule has 0 aliphatic rings. The number of carbonyl (C=O) groups excluding carboxylic acids is 1. The van der Waals surface area contributed by atoms with Crippen LogP contribution in [0.15, 0.2) is 42.5 Å². The highest BCUT2D eigenvalue weighted by molar-refractivity contribution is 5.78. The summed E-state index contributed by atoms with van der Waals surface area (Å²) in [6, 6.07) is 9.37. The first-order valence-electron chi connectivity index (χ1n) is 7.01. The second-order valence-corrected chi connectivity index (χ2v) is 5.11. The monoisotopic (exact) mass is 321 g/mol. The third kappa shape index (κ3) is 3.97. The lowest BCUT2D eigenvalue weighted by molar-refractivity contribution is -0.134. The summed E-state index contributed by atoms with van der Waals surface area (Å²) in [6.45, 7) is 1.42. The Morgan fingerprint density at radius 3 is 2.57 bits per heavy atom. The molecule has 0 fully saturated rings. The number of hydrogen-bond donors (Lipinski definition) is 1. The van der Waals surface area contributed by atoms with Gasteiger partial charge in [0.1, 0.15) is 0 Å². The van der Waals surface area contributed by atoms with Gasteiger partial charge in [0.05, 0.1) is 6.04 Å². The van der Waals surface area contributed by atoms with Crippen LogP contribution in [-0.2, 0) is 4.79 Å². The van der Waals surface area contributed by atoms with Crippen molar-refractivity contribution in [2.45, 2.75) is 13.0 Å². The lowest BCUT2D eigenvalue weighted by Crippen LogP contribution is -2.33. The molecule has 6 heteroatoms. The fourth-order valence-corrected chi connectivity index (χ4v) is 2.03. The van der Waals surface area contributed by atoms with Crippen molar-refractivity contribution in [2.24, 2.45) is 0 Å². The number of hydrogen-bond acceptors (Lipinski definition) is 3. The molecule has 0 aromatic heterocycles. The molecule has 1 amide bonds. The number of ether oxygens (including phenoxy) is 1. The molecule has 1 N–H and O–H groups in total. The van der Waals surface area contributed by atoms with Crippen molar-refractivity contribution in [2.75, 3.05) is 13.7 Å². The van der Waals surface area contributed by atoms with E-state index in [0.717, 1.165) is 12.1 Å². The van der Waals surface area contributed by atoms with Gasteiger partial charge in [-0.05, 0) is 36.8 Å². The smallest absolute Gasteiger partial charge is 0.260 e. The molecule has 2 aromatic rings. The van der Waals surface area contributed by atoms with E-state index in [-0.39, 0.29) is 24.0 Å². The number of phenols is 1. The number of likely N-dealkylation sites (N-methyl/N-ethyl adjacent to an activating group) is 1. The molecular formula is C17H17F2NO3. The van der Waals surface area contributed by atoms with Crippen molar-refractivity contribution in [1.82, 2.24) is 4.90 Å². The molecule has 23 heavy (non-hydrogen) atoms. The van der Waals surface area contributed by atoms with Crippen LogP contribution in [0.3, 0.4) is 0 Å². The quantitative estimate of drug-likeness (QED) is 0.919. The van der Waals surface area contributed by atoms with Gasteiger partial charge in [0, 0.05) is 7.05 Å². The summed E-state index contributed by atoms with van der Waals surface area (Å²) in [6.07, 6.45) is 0. The van der Waals surface area contributed by atoms with E-state index < -0.39 is 17.7 Å². The number of para-hydroxylation sites is 2. The van der Waals surface area contributed by atoms with E-state index in [2.05, 4.69) is 0 Å². The Hall–Kier alpha value is -2.63. The number of halogens is 2. The van der Waals surface area contributed by atoms with Crippen LogP contribution in [0.4, 0.5) is 8.78 Å². The van der Waals surface area contributed by atoms with E-state index >= 15 is 0 Å². The minimum absolute atomic E-state index is 0.0587. The first-order chi connectivity index (χ1) is 10.9. The lowest BCUT2D eigenvalue weighted by Gasteiger charge is -2.25. The zero-order valence-electron chi connectivity index (χ0n) is 12.8. The maximum absolute atomic E-state index is 13.3. The van der Waals surface area contributed by atoms with Crippen LogP contribution >= 0.6 is 0 Å². The van der Waals surface area contributed by atoms with Gasteiger partial charge < -0.3 is 14.7 Å². The van der Waals surface area contributed by atoms with Gasteiger partial charge in [-0.2, -0.15) is 0 Å². The Balaban J connectivity index is 2.01. The van der Waals surface area contributed by atoms with Crippen molar-refractivity contribution in [1.29, 1.82) is 0 Å². The SMILES string of the molecule is CC(c1ccc(F)c(F)c1)N(C)C(=O)COc1ccccc1O. The van der Waals surface area contributed by atoms with Crippen molar-refractivity contribution < 1.29 is 23.4 Å². The highest BCUT2D eigenvalue weighted by Crippen LogP contribution is 2.25. The summed E-state index contributed by atoms with van der Waals surface area (Å²) in [7, 11) is 1.54. The zero-order chi connectivity index (χ0) is 17.0. The van der Waals surface area contributed by atoms with Gasteiger partial charge in [0.2, 0.25) is 0 Å². The molecule has 0 heterocycles. The molecular weight excluding hydrogens is 304 g/mol. The largest absolute Gasteiger partial charge is 0.504 e. The first kappa shape index (κ1) is 16.7. The Labute approximate surface area is 132 Å². The molecule has 1 unspecified atom stereocenters. The van der Waals surface area contributed by atoms with Crippen molar-refractivity contribution in [3.63, 3.8) is 0 Å². The summed E-state index contributed by atoms with van der Waals surface area (Å²) >= 11 is 0. The minimum Gasteiger partial charge on any atom is -0.504 e. The summed E-state index contributed by atoms with van der Waals surface area (Å²) in [5.74, 6) is -2.10. The van der Waals surface area contributed by atoms with Crippen LogP contribution in [0.5, 0.6) is 11.5 Å². The zero-order valence-corrected chi connectivity index (χ0v) is 12.8. The first-order valence-corrected chi connectivity index (χ1v) is 7.01. The molecule has 0 spiro atoms. The van der Waals surface area contributed by atoms with Crippen LogP contribution in [0.2, 0.25) is 0 Å². The van der Waals surface area contributed by atoms with E-state index in [0.29, 0.717) is 5.56 Å². The second-order valence-electron chi connectivity index (χ2n) is 5.11. The number of benzene rings is 2. The number of amides is 1. The van der Waals surface area contributed by atoms with E-state index in [1.807, 2.05) is 0 Å². The third-order valence-electron chi connectivity index (χ3n) is 3.62. The van der Waals surface area contributed by atoms with Crippen molar-refractivity contribution >= 4 is 5.91 Å². The predicted molar refractivity (Wildman–Crippen MR) is 81.1 cm³/mol. The number of rotatable bonds is 5. The van der Waals surface area contributed by atoms with Gasteiger partial charge in [-0.15, -0.1) is 0 Å². The Kier molecular flexibility index (Phi) is 5.16. The molecule has 4 nitrogen and oxygen atoms in total. The third-order valence-corrected chi connectivity index (χ3v) is 3.62. The maximum Gasteiger partial charge on any atom is 0.260 e. The Morgan fingerprint density at radius 2 is 1.91 bits per heavy atom. The second kappa shape index (κ2) is 7.09. The van der Waals surface area contributed by atoms with Crippen LogP contribution < -0.4 is 4.74 Å². The molecule has 0 saturated heterocycles. The summed E-state index contributed by atoms with van der Waals surface area (Å²) < 4.78 is 31.5. The normalized spacial score (nSPS) is 11.8. The number of carbonyl (C=O) groups is 1. The highest BCUT2D eigenvalue weighted by Gasteiger charge is 2.19.